The van der Waals surface area contributed by atoms with E-state index in [9.17, 15) is 9.18 Å². The SMILES string of the molecule is O=C(O)c1cccc(CNCC2CCN(c3ccccc3F)C2)c1. The second-order valence-corrected chi connectivity index (χ2v) is 6.19. The van der Waals surface area contributed by atoms with Gasteiger partial charge in [-0.05, 0) is 42.2 Å². The number of halogens is 1. The molecule has 0 aliphatic carbocycles. The standard InChI is InChI=1S/C19H21FN2O2/c20-17-6-1-2-7-18(17)22-9-8-15(13-22)12-21-11-14-4-3-5-16(10-14)19(23)24/h1-7,10,15,21H,8-9,11-13H2,(H,23,24). The summed E-state index contributed by atoms with van der Waals surface area (Å²) < 4.78 is 13.8. The molecule has 1 atom stereocenters. The molecule has 0 amide bonds. The molecule has 1 fully saturated rings. The Hall–Kier alpha value is -2.40. The van der Waals surface area contributed by atoms with Crippen molar-refractivity contribution in [3.63, 3.8) is 0 Å². The highest BCUT2D eigenvalue weighted by atomic mass is 19.1. The summed E-state index contributed by atoms with van der Waals surface area (Å²) >= 11 is 0. The summed E-state index contributed by atoms with van der Waals surface area (Å²) in [5, 5.41) is 12.4. The maximum atomic E-state index is 13.8. The number of nitrogens with one attached hydrogen (secondary N) is 1. The molecule has 24 heavy (non-hydrogen) atoms. The van der Waals surface area contributed by atoms with Crippen molar-refractivity contribution in [1.29, 1.82) is 0 Å². The zero-order chi connectivity index (χ0) is 16.9. The predicted octanol–water partition coefficient (Wildman–Crippen LogP) is 3.14. The number of carbonyl (C=O) groups is 1. The molecule has 1 saturated heterocycles. The van der Waals surface area contributed by atoms with E-state index >= 15 is 0 Å². The molecule has 0 saturated carbocycles. The molecule has 1 aliphatic heterocycles. The molecule has 2 aromatic carbocycles. The minimum absolute atomic E-state index is 0.170. The van der Waals surface area contributed by atoms with Crippen LogP contribution in [0.1, 0.15) is 22.3 Å². The molecule has 126 valence electrons. The smallest absolute Gasteiger partial charge is 0.335 e. The Bertz CT molecular complexity index is 720. The van der Waals surface area contributed by atoms with Gasteiger partial charge in [0.25, 0.3) is 0 Å². The monoisotopic (exact) mass is 328 g/mol. The van der Waals surface area contributed by atoms with Crippen molar-refractivity contribution in [2.45, 2.75) is 13.0 Å². The lowest BCUT2D eigenvalue weighted by molar-refractivity contribution is 0.0696. The molecule has 0 bridgehead atoms. The van der Waals surface area contributed by atoms with Crippen LogP contribution in [0.3, 0.4) is 0 Å². The van der Waals surface area contributed by atoms with Crippen molar-refractivity contribution in [1.82, 2.24) is 5.32 Å². The number of para-hydroxylation sites is 1. The van der Waals surface area contributed by atoms with Crippen LogP contribution in [-0.2, 0) is 6.54 Å². The molecule has 5 heteroatoms. The Labute approximate surface area is 140 Å². The molecule has 2 aromatic rings. The van der Waals surface area contributed by atoms with E-state index in [0.29, 0.717) is 23.7 Å². The molecule has 4 nitrogen and oxygen atoms in total. The number of hydrogen-bond donors (Lipinski definition) is 2. The topological polar surface area (TPSA) is 52.6 Å². The number of aromatic carboxylic acids is 1. The lowest BCUT2D eigenvalue weighted by Crippen LogP contribution is -2.26. The molecular formula is C19H21FN2O2. The van der Waals surface area contributed by atoms with E-state index < -0.39 is 5.97 Å². The van der Waals surface area contributed by atoms with E-state index in [1.165, 1.54) is 6.07 Å². The van der Waals surface area contributed by atoms with Crippen molar-refractivity contribution >= 4 is 11.7 Å². The number of nitrogens with zero attached hydrogens (tertiary/aromatic N) is 1. The van der Waals surface area contributed by atoms with Gasteiger partial charge in [-0.15, -0.1) is 0 Å². The summed E-state index contributed by atoms with van der Waals surface area (Å²) in [6, 6.07) is 13.8. The zero-order valence-corrected chi connectivity index (χ0v) is 13.4. The maximum absolute atomic E-state index is 13.8. The Kier molecular flexibility index (Phi) is 5.11. The van der Waals surface area contributed by atoms with Crippen LogP contribution in [0.5, 0.6) is 0 Å². The Morgan fingerprint density at radius 2 is 2.08 bits per heavy atom. The zero-order valence-electron chi connectivity index (χ0n) is 13.4. The Morgan fingerprint density at radius 3 is 2.88 bits per heavy atom. The number of anilines is 1. The molecule has 3 rings (SSSR count). The van der Waals surface area contributed by atoms with Crippen LogP contribution in [0.2, 0.25) is 0 Å². The van der Waals surface area contributed by atoms with Gasteiger partial charge in [-0.3, -0.25) is 0 Å². The third kappa shape index (κ3) is 3.92. The number of benzene rings is 2. The van der Waals surface area contributed by atoms with Crippen LogP contribution in [0.4, 0.5) is 10.1 Å². The van der Waals surface area contributed by atoms with Crippen molar-refractivity contribution in [2.75, 3.05) is 24.5 Å². The van der Waals surface area contributed by atoms with E-state index in [1.54, 1.807) is 24.3 Å². The summed E-state index contributed by atoms with van der Waals surface area (Å²) in [6.45, 7) is 3.17. The lowest BCUT2D eigenvalue weighted by Gasteiger charge is -2.19. The van der Waals surface area contributed by atoms with Gasteiger partial charge in [0, 0.05) is 26.2 Å². The second kappa shape index (κ2) is 7.45. The normalized spacial score (nSPS) is 17.2. The number of carboxylic acids is 1. The molecule has 0 spiro atoms. The highest BCUT2D eigenvalue weighted by Crippen LogP contribution is 2.25. The lowest BCUT2D eigenvalue weighted by atomic mass is 10.1. The first-order valence-corrected chi connectivity index (χ1v) is 8.16. The van der Waals surface area contributed by atoms with E-state index in [0.717, 1.165) is 31.6 Å². The fourth-order valence-electron chi connectivity index (χ4n) is 3.16. The summed E-state index contributed by atoms with van der Waals surface area (Å²) in [7, 11) is 0. The highest BCUT2D eigenvalue weighted by molar-refractivity contribution is 5.87. The average Bonchev–Trinajstić information content (AvgIpc) is 3.04. The third-order valence-corrected chi connectivity index (χ3v) is 4.42. The van der Waals surface area contributed by atoms with E-state index in [1.807, 2.05) is 18.2 Å². The van der Waals surface area contributed by atoms with Gasteiger partial charge in [-0.1, -0.05) is 24.3 Å². The predicted molar refractivity (Wildman–Crippen MR) is 91.8 cm³/mol. The van der Waals surface area contributed by atoms with Crippen LogP contribution in [0.15, 0.2) is 48.5 Å². The Balaban J connectivity index is 1.49. The van der Waals surface area contributed by atoms with Crippen LogP contribution in [0.25, 0.3) is 0 Å². The summed E-state index contributed by atoms with van der Waals surface area (Å²) in [4.78, 5) is 13.1. The summed E-state index contributed by atoms with van der Waals surface area (Å²) in [5.41, 5.74) is 1.94. The van der Waals surface area contributed by atoms with Gasteiger partial charge in [0.2, 0.25) is 0 Å². The van der Waals surface area contributed by atoms with E-state index in [4.69, 9.17) is 5.11 Å². The third-order valence-electron chi connectivity index (χ3n) is 4.42. The minimum atomic E-state index is -0.909. The van der Waals surface area contributed by atoms with Crippen molar-refractivity contribution in [3.8, 4) is 0 Å². The number of rotatable bonds is 6. The molecule has 2 N–H and O–H groups in total. The van der Waals surface area contributed by atoms with Crippen LogP contribution in [-0.4, -0.2) is 30.7 Å². The molecule has 0 aromatic heterocycles. The number of hydrogen-bond acceptors (Lipinski definition) is 3. The quantitative estimate of drug-likeness (QED) is 0.855. The van der Waals surface area contributed by atoms with Gasteiger partial charge in [0.15, 0.2) is 0 Å². The van der Waals surface area contributed by atoms with Crippen LogP contribution < -0.4 is 10.2 Å². The van der Waals surface area contributed by atoms with E-state index in [-0.39, 0.29) is 5.82 Å². The minimum Gasteiger partial charge on any atom is -0.478 e. The van der Waals surface area contributed by atoms with Gasteiger partial charge in [0.1, 0.15) is 5.82 Å². The summed E-state index contributed by atoms with van der Waals surface area (Å²) in [6.07, 6.45) is 1.02. The molecule has 0 radical (unpaired) electrons. The van der Waals surface area contributed by atoms with Gasteiger partial charge in [0.05, 0.1) is 11.3 Å². The molecule has 1 heterocycles. The van der Waals surface area contributed by atoms with Gasteiger partial charge in [-0.2, -0.15) is 0 Å². The van der Waals surface area contributed by atoms with Gasteiger partial charge < -0.3 is 15.3 Å². The van der Waals surface area contributed by atoms with E-state index in [2.05, 4.69) is 10.2 Å². The Morgan fingerprint density at radius 1 is 1.25 bits per heavy atom. The maximum Gasteiger partial charge on any atom is 0.335 e. The molecule has 1 aliphatic rings. The second-order valence-electron chi connectivity index (χ2n) is 6.19. The summed E-state index contributed by atoms with van der Waals surface area (Å²) in [5.74, 6) is -0.614. The molecular weight excluding hydrogens is 307 g/mol. The first-order chi connectivity index (χ1) is 11.6. The van der Waals surface area contributed by atoms with Crippen LogP contribution >= 0.6 is 0 Å². The largest absolute Gasteiger partial charge is 0.478 e. The number of carboxylic acid groups (broad SMARTS) is 1. The van der Waals surface area contributed by atoms with Crippen molar-refractivity contribution < 1.29 is 14.3 Å². The van der Waals surface area contributed by atoms with Crippen molar-refractivity contribution in [2.24, 2.45) is 5.92 Å². The first-order valence-electron chi connectivity index (χ1n) is 8.16. The van der Waals surface area contributed by atoms with Gasteiger partial charge >= 0.3 is 5.97 Å². The van der Waals surface area contributed by atoms with Gasteiger partial charge in [-0.25, -0.2) is 9.18 Å². The molecule has 1 unspecified atom stereocenters. The van der Waals surface area contributed by atoms with Crippen LogP contribution in [0, 0.1) is 11.7 Å². The average molecular weight is 328 g/mol. The van der Waals surface area contributed by atoms with Crippen molar-refractivity contribution in [3.05, 3.63) is 65.5 Å². The fourth-order valence-corrected chi connectivity index (χ4v) is 3.16. The highest BCUT2D eigenvalue weighted by Gasteiger charge is 2.23. The fraction of sp³-hybridized carbons (Fsp3) is 0.316. The first kappa shape index (κ1) is 16.5.